The average Bonchev–Trinajstić information content (AvgIpc) is 2.81. The van der Waals surface area contributed by atoms with Crippen molar-refractivity contribution in [1.82, 2.24) is 9.88 Å². The molecule has 2 aliphatic rings. The van der Waals surface area contributed by atoms with Crippen molar-refractivity contribution in [3.8, 4) is 0 Å². The van der Waals surface area contributed by atoms with Crippen LogP contribution in [0.1, 0.15) is 46.9 Å². The van der Waals surface area contributed by atoms with Gasteiger partial charge in [0.05, 0.1) is 11.3 Å². The minimum atomic E-state index is -0.0445. The number of benzene rings is 1. The number of carbonyl (C=O) groups excluding carboxylic acids is 2. The summed E-state index contributed by atoms with van der Waals surface area (Å²) in [5.74, 6) is 0.0323. The van der Waals surface area contributed by atoms with Gasteiger partial charge in [0, 0.05) is 36.3 Å². The fraction of sp³-hybridized carbons (Fsp3) is 0.350. The highest BCUT2D eigenvalue weighted by Crippen LogP contribution is 2.40. The second-order valence-electron chi connectivity index (χ2n) is 6.54. The van der Waals surface area contributed by atoms with Gasteiger partial charge in [0.15, 0.2) is 0 Å². The first-order valence-corrected chi connectivity index (χ1v) is 9.88. The Morgan fingerprint density at radius 3 is 2.77 bits per heavy atom. The minimum Gasteiger partial charge on any atom is -0.339 e. The SMILES string of the molecule is CCN1C(=O)c2cccnc2Sc2cc(C(=O)N3CCCCC3)ccc21. The maximum atomic E-state index is 12.9. The molecule has 1 fully saturated rings. The molecule has 0 atom stereocenters. The van der Waals surface area contributed by atoms with Crippen LogP contribution in [0.15, 0.2) is 46.5 Å². The van der Waals surface area contributed by atoms with Crippen LogP contribution in [-0.4, -0.2) is 41.3 Å². The molecule has 6 heteroatoms. The van der Waals surface area contributed by atoms with Crippen LogP contribution in [0.3, 0.4) is 0 Å². The average molecular weight is 367 g/mol. The number of amides is 2. The number of likely N-dealkylation sites (tertiary alicyclic amines) is 1. The van der Waals surface area contributed by atoms with E-state index < -0.39 is 0 Å². The zero-order chi connectivity index (χ0) is 18.1. The van der Waals surface area contributed by atoms with E-state index in [1.807, 2.05) is 36.1 Å². The van der Waals surface area contributed by atoms with Gasteiger partial charge in [0.1, 0.15) is 5.03 Å². The topological polar surface area (TPSA) is 53.5 Å². The van der Waals surface area contributed by atoms with Crippen LogP contribution in [0.5, 0.6) is 0 Å². The molecule has 2 aliphatic heterocycles. The predicted octanol–water partition coefficient (Wildman–Crippen LogP) is 3.84. The molecule has 2 amide bonds. The molecular formula is C20H21N3O2S. The van der Waals surface area contributed by atoms with Crippen molar-refractivity contribution in [2.24, 2.45) is 0 Å². The Hall–Kier alpha value is -2.34. The van der Waals surface area contributed by atoms with Crippen molar-refractivity contribution in [3.05, 3.63) is 47.7 Å². The predicted molar refractivity (Wildman–Crippen MR) is 102 cm³/mol. The van der Waals surface area contributed by atoms with Crippen LogP contribution >= 0.6 is 11.8 Å². The molecule has 0 N–H and O–H groups in total. The van der Waals surface area contributed by atoms with Gasteiger partial charge in [-0.1, -0.05) is 11.8 Å². The Bertz CT molecular complexity index is 862. The van der Waals surface area contributed by atoms with Gasteiger partial charge >= 0.3 is 0 Å². The van der Waals surface area contributed by atoms with Crippen molar-refractivity contribution < 1.29 is 9.59 Å². The lowest BCUT2D eigenvalue weighted by atomic mass is 10.1. The van der Waals surface area contributed by atoms with Crippen molar-refractivity contribution in [1.29, 1.82) is 0 Å². The summed E-state index contributed by atoms with van der Waals surface area (Å²) in [6.45, 7) is 4.18. The third-order valence-corrected chi connectivity index (χ3v) is 5.98. The number of piperidine rings is 1. The van der Waals surface area contributed by atoms with E-state index >= 15 is 0 Å². The number of aromatic nitrogens is 1. The molecule has 0 aliphatic carbocycles. The second kappa shape index (κ2) is 7.11. The number of fused-ring (bicyclic) bond motifs is 2. The number of pyridine rings is 1. The maximum Gasteiger partial charge on any atom is 0.261 e. The minimum absolute atomic E-state index is 0.0445. The molecular weight excluding hydrogens is 346 g/mol. The van der Waals surface area contributed by atoms with E-state index in [1.165, 1.54) is 18.2 Å². The highest BCUT2D eigenvalue weighted by Gasteiger charge is 2.28. The lowest BCUT2D eigenvalue weighted by Crippen LogP contribution is -2.35. The summed E-state index contributed by atoms with van der Waals surface area (Å²) in [6.07, 6.45) is 5.03. The number of nitrogens with zero attached hydrogens (tertiary/aromatic N) is 3. The zero-order valence-corrected chi connectivity index (χ0v) is 15.6. The van der Waals surface area contributed by atoms with Crippen molar-refractivity contribution >= 4 is 29.3 Å². The lowest BCUT2D eigenvalue weighted by molar-refractivity contribution is 0.0724. The molecule has 0 spiro atoms. The van der Waals surface area contributed by atoms with E-state index in [0.717, 1.165) is 36.5 Å². The van der Waals surface area contributed by atoms with Gasteiger partial charge in [-0.25, -0.2) is 4.98 Å². The summed E-state index contributed by atoms with van der Waals surface area (Å²) in [6, 6.07) is 9.25. The Labute approximate surface area is 157 Å². The smallest absolute Gasteiger partial charge is 0.261 e. The molecule has 3 heterocycles. The number of hydrogen-bond donors (Lipinski definition) is 0. The van der Waals surface area contributed by atoms with Crippen molar-refractivity contribution in [2.75, 3.05) is 24.5 Å². The monoisotopic (exact) mass is 367 g/mol. The first-order chi connectivity index (χ1) is 12.7. The highest BCUT2D eigenvalue weighted by molar-refractivity contribution is 7.99. The molecule has 2 aromatic rings. The molecule has 1 aromatic carbocycles. The van der Waals surface area contributed by atoms with E-state index in [9.17, 15) is 9.59 Å². The van der Waals surface area contributed by atoms with Gasteiger partial charge < -0.3 is 9.80 Å². The molecule has 0 bridgehead atoms. The van der Waals surface area contributed by atoms with Crippen molar-refractivity contribution in [2.45, 2.75) is 36.1 Å². The summed E-state index contributed by atoms with van der Waals surface area (Å²) in [4.78, 5) is 34.7. The molecule has 0 unspecified atom stereocenters. The molecule has 1 saturated heterocycles. The largest absolute Gasteiger partial charge is 0.339 e. The number of carbonyl (C=O) groups is 2. The second-order valence-corrected chi connectivity index (χ2v) is 7.57. The summed E-state index contributed by atoms with van der Waals surface area (Å²) in [5, 5.41) is 0.692. The first kappa shape index (κ1) is 17.1. The van der Waals surface area contributed by atoms with Crippen LogP contribution < -0.4 is 4.90 Å². The van der Waals surface area contributed by atoms with Gasteiger partial charge in [-0.05, 0) is 56.5 Å². The number of rotatable bonds is 2. The van der Waals surface area contributed by atoms with Crippen LogP contribution in [0.2, 0.25) is 0 Å². The number of anilines is 1. The van der Waals surface area contributed by atoms with Gasteiger partial charge in [-0.3, -0.25) is 9.59 Å². The molecule has 0 radical (unpaired) electrons. The van der Waals surface area contributed by atoms with Gasteiger partial charge in [-0.15, -0.1) is 0 Å². The van der Waals surface area contributed by atoms with Gasteiger partial charge in [0.25, 0.3) is 11.8 Å². The van der Waals surface area contributed by atoms with Crippen LogP contribution in [-0.2, 0) is 0 Å². The van der Waals surface area contributed by atoms with Gasteiger partial charge in [-0.2, -0.15) is 0 Å². The van der Waals surface area contributed by atoms with E-state index in [0.29, 0.717) is 22.7 Å². The molecule has 4 rings (SSSR count). The van der Waals surface area contributed by atoms with Gasteiger partial charge in [0.2, 0.25) is 0 Å². The van der Waals surface area contributed by atoms with E-state index in [4.69, 9.17) is 0 Å². The van der Waals surface area contributed by atoms with Crippen molar-refractivity contribution in [3.63, 3.8) is 0 Å². The summed E-state index contributed by atoms with van der Waals surface area (Å²) >= 11 is 1.46. The Morgan fingerprint density at radius 2 is 2.00 bits per heavy atom. The fourth-order valence-corrected chi connectivity index (χ4v) is 4.60. The Kier molecular flexibility index (Phi) is 4.68. The Morgan fingerprint density at radius 1 is 1.19 bits per heavy atom. The summed E-state index contributed by atoms with van der Waals surface area (Å²) < 4.78 is 0. The fourth-order valence-electron chi connectivity index (χ4n) is 3.54. The van der Waals surface area contributed by atoms with E-state index in [1.54, 1.807) is 17.2 Å². The Balaban J connectivity index is 1.74. The third kappa shape index (κ3) is 2.98. The van der Waals surface area contributed by atoms with Crippen LogP contribution in [0, 0.1) is 0 Å². The van der Waals surface area contributed by atoms with Crippen LogP contribution in [0.25, 0.3) is 0 Å². The molecule has 0 saturated carbocycles. The molecule has 5 nitrogen and oxygen atoms in total. The normalized spacial score (nSPS) is 16.7. The lowest BCUT2D eigenvalue weighted by Gasteiger charge is -2.27. The summed E-state index contributed by atoms with van der Waals surface area (Å²) in [7, 11) is 0. The first-order valence-electron chi connectivity index (χ1n) is 9.07. The third-order valence-electron chi connectivity index (χ3n) is 4.91. The standard InChI is InChI=1S/C20H21N3O2S/c1-2-23-16-9-8-14(19(24)22-11-4-3-5-12-22)13-17(16)26-18-15(20(23)25)7-6-10-21-18/h6-10,13H,2-5,11-12H2,1H3. The molecule has 134 valence electrons. The quantitative estimate of drug-likeness (QED) is 0.809. The molecule has 26 heavy (non-hydrogen) atoms. The van der Waals surface area contributed by atoms with Crippen LogP contribution in [0.4, 0.5) is 5.69 Å². The maximum absolute atomic E-state index is 12.9. The zero-order valence-electron chi connectivity index (χ0n) is 14.8. The van der Waals surface area contributed by atoms with E-state index in [-0.39, 0.29) is 11.8 Å². The number of hydrogen-bond acceptors (Lipinski definition) is 4. The van der Waals surface area contributed by atoms with E-state index in [2.05, 4.69) is 4.98 Å². The summed E-state index contributed by atoms with van der Waals surface area (Å²) in [5.41, 5.74) is 2.14. The highest BCUT2D eigenvalue weighted by atomic mass is 32.2. The molecule has 1 aromatic heterocycles.